The van der Waals surface area contributed by atoms with Crippen LogP contribution in [-0.4, -0.2) is 59.2 Å². The second-order valence-corrected chi connectivity index (χ2v) is 9.64. The molecule has 3 rings (SSSR count). The van der Waals surface area contributed by atoms with Crippen molar-refractivity contribution in [3.05, 3.63) is 35.4 Å². The second-order valence-electron chi connectivity index (χ2n) is 9.64. The van der Waals surface area contributed by atoms with Crippen molar-refractivity contribution in [1.29, 1.82) is 0 Å². The lowest BCUT2D eigenvalue weighted by atomic mass is 10.1. The standard InChI is InChI=1S/C26H38N4O4/c1-19(2)25(31)29-13-9-23(10-14-29)27-33-17-21-5-7-22(8-6-21)18-34-28-24-11-15-30(16-12-24)26(32)20(3)4/h5-8,19-20H,9-18H2,1-4H3. The minimum absolute atomic E-state index is 0.0373. The van der Waals surface area contributed by atoms with E-state index in [1.165, 1.54) is 0 Å². The molecule has 0 atom stereocenters. The predicted octanol–water partition coefficient (Wildman–Crippen LogP) is 3.99. The van der Waals surface area contributed by atoms with Crippen molar-refractivity contribution < 1.29 is 19.3 Å². The summed E-state index contributed by atoms with van der Waals surface area (Å²) in [6, 6.07) is 8.02. The third kappa shape index (κ3) is 7.57. The van der Waals surface area contributed by atoms with Crippen LogP contribution < -0.4 is 0 Å². The summed E-state index contributed by atoms with van der Waals surface area (Å²) in [4.78, 5) is 39.0. The summed E-state index contributed by atoms with van der Waals surface area (Å²) in [6.07, 6.45) is 3.07. The third-order valence-corrected chi connectivity index (χ3v) is 6.17. The molecule has 0 radical (unpaired) electrons. The van der Waals surface area contributed by atoms with Gasteiger partial charge < -0.3 is 19.5 Å². The third-order valence-electron chi connectivity index (χ3n) is 6.17. The molecule has 2 saturated heterocycles. The minimum atomic E-state index is 0.0373. The molecular weight excluding hydrogens is 432 g/mol. The van der Waals surface area contributed by atoms with Gasteiger partial charge in [0.1, 0.15) is 13.2 Å². The van der Waals surface area contributed by atoms with Crippen LogP contribution in [0.15, 0.2) is 34.6 Å². The lowest BCUT2D eigenvalue weighted by Crippen LogP contribution is -2.40. The number of benzene rings is 1. The average Bonchev–Trinajstić information content (AvgIpc) is 2.85. The SMILES string of the molecule is CC(C)C(=O)N1CCC(=NOCc2ccc(CON=C3CCN(C(=O)C(C)C)CC3)cc2)CC1. The van der Waals surface area contributed by atoms with Crippen LogP contribution in [0.25, 0.3) is 0 Å². The summed E-state index contributed by atoms with van der Waals surface area (Å²) in [5, 5.41) is 8.56. The van der Waals surface area contributed by atoms with E-state index in [-0.39, 0.29) is 23.7 Å². The number of carbonyl (C=O) groups excluding carboxylic acids is 2. The molecule has 2 aliphatic rings. The second kappa shape index (κ2) is 12.5. The highest BCUT2D eigenvalue weighted by Crippen LogP contribution is 2.14. The molecular formula is C26H38N4O4. The zero-order valence-corrected chi connectivity index (χ0v) is 21.0. The first-order chi connectivity index (χ1) is 16.3. The van der Waals surface area contributed by atoms with Gasteiger partial charge in [0.2, 0.25) is 11.8 Å². The first kappa shape index (κ1) is 25.7. The van der Waals surface area contributed by atoms with Crippen LogP contribution in [0.2, 0.25) is 0 Å². The molecule has 0 aromatic heterocycles. The molecule has 2 fully saturated rings. The fourth-order valence-electron chi connectivity index (χ4n) is 4.01. The van der Waals surface area contributed by atoms with Crippen molar-refractivity contribution in [3.8, 4) is 0 Å². The molecule has 0 N–H and O–H groups in total. The number of hydrogen-bond acceptors (Lipinski definition) is 6. The molecule has 0 aliphatic carbocycles. The van der Waals surface area contributed by atoms with E-state index in [0.29, 0.717) is 39.4 Å². The summed E-state index contributed by atoms with van der Waals surface area (Å²) in [5.74, 6) is 0.489. The molecule has 8 heteroatoms. The quantitative estimate of drug-likeness (QED) is 0.538. The summed E-state index contributed by atoms with van der Waals surface area (Å²) in [5.41, 5.74) is 4.09. The lowest BCUT2D eigenvalue weighted by Gasteiger charge is -2.28. The Morgan fingerprint density at radius 1 is 0.706 bits per heavy atom. The van der Waals surface area contributed by atoms with E-state index in [9.17, 15) is 9.59 Å². The summed E-state index contributed by atoms with van der Waals surface area (Å²) >= 11 is 0. The van der Waals surface area contributed by atoms with Crippen LogP contribution in [0.3, 0.4) is 0 Å². The normalized spacial score (nSPS) is 16.6. The molecule has 1 aromatic carbocycles. The van der Waals surface area contributed by atoms with Crippen molar-refractivity contribution in [2.45, 2.75) is 66.6 Å². The molecule has 2 amide bonds. The zero-order valence-electron chi connectivity index (χ0n) is 21.0. The summed E-state index contributed by atoms with van der Waals surface area (Å²) < 4.78 is 0. The number of likely N-dealkylation sites (tertiary alicyclic amines) is 2. The Balaban J connectivity index is 1.35. The Hall–Kier alpha value is -2.90. The molecule has 0 bridgehead atoms. The number of carbonyl (C=O) groups is 2. The van der Waals surface area contributed by atoms with Gasteiger partial charge in [-0.1, -0.05) is 62.3 Å². The highest BCUT2D eigenvalue weighted by Gasteiger charge is 2.23. The van der Waals surface area contributed by atoms with Gasteiger partial charge in [-0.15, -0.1) is 0 Å². The average molecular weight is 471 g/mol. The van der Waals surface area contributed by atoms with Crippen molar-refractivity contribution in [3.63, 3.8) is 0 Å². The summed E-state index contributed by atoms with van der Waals surface area (Å²) in [6.45, 7) is 11.4. The fraction of sp³-hybridized carbons (Fsp3) is 0.615. The van der Waals surface area contributed by atoms with Crippen molar-refractivity contribution in [1.82, 2.24) is 9.80 Å². The van der Waals surface area contributed by atoms with Gasteiger partial charge in [0.25, 0.3) is 0 Å². The lowest BCUT2D eigenvalue weighted by molar-refractivity contribution is -0.135. The molecule has 0 unspecified atom stereocenters. The zero-order chi connectivity index (χ0) is 24.5. The highest BCUT2D eigenvalue weighted by molar-refractivity contribution is 5.88. The largest absolute Gasteiger partial charge is 0.391 e. The van der Waals surface area contributed by atoms with E-state index in [4.69, 9.17) is 9.68 Å². The van der Waals surface area contributed by atoms with Gasteiger partial charge in [0, 0.05) is 63.7 Å². The van der Waals surface area contributed by atoms with Crippen LogP contribution in [-0.2, 0) is 32.5 Å². The van der Waals surface area contributed by atoms with Crippen LogP contribution >= 0.6 is 0 Å². The van der Waals surface area contributed by atoms with Crippen molar-refractivity contribution in [2.75, 3.05) is 26.2 Å². The Bertz CT molecular complexity index is 800. The molecule has 8 nitrogen and oxygen atoms in total. The molecule has 2 heterocycles. The first-order valence-electron chi connectivity index (χ1n) is 12.3. The van der Waals surface area contributed by atoms with Crippen molar-refractivity contribution >= 4 is 23.2 Å². The monoisotopic (exact) mass is 470 g/mol. The predicted molar refractivity (Wildman–Crippen MR) is 132 cm³/mol. The van der Waals surface area contributed by atoms with E-state index in [1.54, 1.807) is 0 Å². The first-order valence-corrected chi connectivity index (χ1v) is 12.3. The van der Waals surface area contributed by atoms with Gasteiger partial charge >= 0.3 is 0 Å². The van der Waals surface area contributed by atoms with E-state index in [2.05, 4.69) is 10.3 Å². The van der Waals surface area contributed by atoms with Gasteiger partial charge in [0.05, 0.1) is 11.4 Å². The van der Waals surface area contributed by atoms with E-state index in [0.717, 1.165) is 48.2 Å². The number of nitrogens with zero attached hydrogens (tertiary/aromatic N) is 4. The minimum Gasteiger partial charge on any atom is -0.391 e. The van der Waals surface area contributed by atoms with Crippen LogP contribution in [0.4, 0.5) is 0 Å². The number of amides is 2. The smallest absolute Gasteiger partial charge is 0.225 e. The Morgan fingerprint density at radius 3 is 1.32 bits per heavy atom. The van der Waals surface area contributed by atoms with Crippen molar-refractivity contribution in [2.24, 2.45) is 22.1 Å². The van der Waals surface area contributed by atoms with Gasteiger partial charge in [-0.3, -0.25) is 9.59 Å². The van der Waals surface area contributed by atoms with E-state index in [1.807, 2.05) is 61.8 Å². The number of hydrogen-bond donors (Lipinski definition) is 0. The highest BCUT2D eigenvalue weighted by atomic mass is 16.6. The molecule has 34 heavy (non-hydrogen) atoms. The van der Waals surface area contributed by atoms with Crippen LogP contribution in [0.1, 0.15) is 64.5 Å². The number of oxime groups is 2. The van der Waals surface area contributed by atoms with Gasteiger partial charge in [0.15, 0.2) is 0 Å². The Morgan fingerprint density at radius 2 is 1.03 bits per heavy atom. The van der Waals surface area contributed by atoms with Gasteiger partial charge in [-0.2, -0.15) is 0 Å². The van der Waals surface area contributed by atoms with Crippen LogP contribution in [0, 0.1) is 11.8 Å². The molecule has 0 spiro atoms. The molecule has 1 aromatic rings. The number of piperidine rings is 2. The molecule has 186 valence electrons. The van der Waals surface area contributed by atoms with E-state index >= 15 is 0 Å². The Kier molecular flexibility index (Phi) is 9.48. The van der Waals surface area contributed by atoms with Crippen LogP contribution in [0.5, 0.6) is 0 Å². The maximum absolute atomic E-state index is 12.1. The van der Waals surface area contributed by atoms with Gasteiger partial charge in [-0.05, 0) is 11.1 Å². The molecule has 0 saturated carbocycles. The van der Waals surface area contributed by atoms with E-state index < -0.39 is 0 Å². The maximum Gasteiger partial charge on any atom is 0.225 e. The fourth-order valence-corrected chi connectivity index (χ4v) is 4.01. The topological polar surface area (TPSA) is 83.8 Å². The Labute approximate surface area is 202 Å². The van der Waals surface area contributed by atoms with Gasteiger partial charge in [-0.25, -0.2) is 0 Å². The molecule has 2 aliphatic heterocycles. The number of rotatable bonds is 8. The maximum atomic E-state index is 12.1. The summed E-state index contributed by atoms with van der Waals surface area (Å²) in [7, 11) is 0.